The summed E-state index contributed by atoms with van der Waals surface area (Å²) in [6.07, 6.45) is 7.09. The SMILES string of the molecule is CCCCCCOCCCCNC(C)=O. The molecule has 3 nitrogen and oxygen atoms in total. The van der Waals surface area contributed by atoms with Crippen LogP contribution in [0.3, 0.4) is 0 Å². The molecule has 0 rings (SSSR count). The number of unbranched alkanes of at least 4 members (excludes halogenated alkanes) is 4. The highest BCUT2D eigenvalue weighted by Crippen LogP contribution is 1.99. The van der Waals surface area contributed by atoms with Crippen LogP contribution >= 0.6 is 0 Å². The molecule has 0 fully saturated rings. The molecule has 0 unspecified atom stereocenters. The summed E-state index contributed by atoms with van der Waals surface area (Å²) in [6.45, 7) is 6.24. The Morgan fingerprint density at radius 2 is 1.73 bits per heavy atom. The van der Waals surface area contributed by atoms with Gasteiger partial charge in [0.1, 0.15) is 0 Å². The van der Waals surface area contributed by atoms with E-state index in [4.69, 9.17) is 4.74 Å². The van der Waals surface area contributed by atoms with Gasteiger partial charge in [-0.25, -0.2) is 0 Å². The van der Waals surface area contributed by atoms with E-state index in [1.165, 1.54) is 25.7 Å². The van der Waals surface area contributed by atoms with Gasteiger partial charge in [0.25, 0.3) is 0 Å². The first-order valence-corrected chi connectivity index (χ1v) is 6.09. The van der Waals surface area contributed by atoms with Gasteiger partial charge in [-0.2, -0.15) is 0 Å². The maximum absolute atomic E-state index is 10.5. The minimum atomic E-state index is 0.0514. The lowest BCUT2D eigenvalue weighted by atomic mass is 10.2. The van der Waals surface area contributed by atoms with Crippen molar-refractivity contribution in [3.63, 3.8) is 0 Å². The third-order valence-electron chi connectivity index (χ3n) is 2.23. The summed E-state index contributed by atoms with van der Waals surface area (Å²) < 4.78 is 5.47. The van der Waals surface area contributed by atoms with Crippen LogP contribution in [0.15, 0.2) is 0 Å². The lowest BCUT2D eigenvalue weighted by Gasteiger charge is -2.04. The second-order valence-electron chi connectivity index (χ2n) is 3.86. The van der Waals surface area contributed by atoms with Gasteiger partial charge >= 0.3 is 0 Å². The second kappa shape index (κ2) is 11.5. The highest BCUT2D eigenvalue weighted by atomic mass is 16.5. The van der Waals surface area contributed by atoms with Crippen molar-refractivity contribution in [2.45, 2.75) is 52.4 Å². The van der Waals surface area contributed by atoms with Gasteiger partial charge in [0.2, 0.25) is 5.91 Å². The average Bonchev–Trinajstić information content (AvgIpc) is 2.20. The molecule has 0 atom stereocenters. The quantitative estimate of drug-likeness (QED) is 0.569. The van der Waals surface area contributed by atoms with Crippen LogP contribution in [0, 0.1) is 0 Å². The number of carbonyl (C=O) groups excluding carboxylic acids is 1. The van der Waals surface area contributed by atoms with E-state index >= 15 is 0 Å². The van der Waals surface area contributed by atoms with Gasteiger partial charge < -0.3 is 10.1 Å². The number of ether oxygens (including phenoxy) is 1. The van der Waals surface area contributed by atoms with E-state index in [0.29, 0.717) is 0 Å². The summed E-state index contributed by atoms with van der Waals surface area (Å²) in [4.78, 5) is 10.5. The first-order valence-electron chi connectivity index (χ1n) is 6.09. The maximum atomic E-state index is 10.5. The monoisotopic (exact) mass is 215 g/mol. The molecule has 0 saturated heterocycles. The normalized spacial score (nSPS) is 10.3. The van der Waals surface area contributed by atoms with Gasteiger partial charge in [-0.1, -0.05) is 26.2 Å². The topological polar surface area (TPSA) is 38.3 Å². The van der Waals surface area contributed by atoms with E-state index in [-0.39, 0.29) is 5.91 Å². The Hall–Kier alpha value is -0.570. The zero-order valence-electron chi connectivity index (χ0n) is 10.2. The molecule has 0 heterocycles. The minimum absolute atomic E-state index is 0.0514. The largest absolute Gasteiger partial charge is 0.381 e. The number of amides is 1. The summed E-state index contributed by atoms with van der Waals surface area (Å²) >= 11 is 0. The Kier molecular flexibility index (Phi) is 11.1. The highest BCUT2D eigenvalue weighted by Gasteiger charge is 1.92. The molecule has 0 aromatic heterocycles. The van der Waals surface area contributed by atoms with Crippen LogP contribution in [0.1, 0.15) is 52.4 Å². The molecule has 0 aromatic rings. The van der Waals surface area contributed by atoms with Gasteiger partial charge in [0.15, 0.2) is 0 Å². The zero-order chi connectivity index (χ0) is 11.4. The van der Waals surface area contributed by atoms with Crippen molar-refractivity contribution < 1.29 is 9.53 Å². The number of hydrogen-bond donors (Lipinski definition) is 1. The molecular formula is C12H25NO2. The molecule has 0 radical (unpaired) electrons. The highest BCUT2D eigenvalue weighted by molar-refractivity contribution is 5.72. The molecule has 0 aliphatic rings. The summed E-state index contributed by atoms with van der Waals surface area (Å²) in [7, 11) is 0. The number of nitrogens with one attached hydrogen (secondary N) is 1. The van der Waals surface area contributed by atoms with E-state index in [9.17, 15) is 4.79 Å². The number of rotatable bonds is 10. The van der Waals surface area contributed by atoms with Crippen LogP contribution in [0.25, 0.3) is 0 Å². The van der Waals surface area contributed by atoms with Crippen LogP contribution in [-0.2, 0) is 9.53 Å². The van der Waals surface area contributed by atoms with Crippen LogP contribution in [0.5, 0.6) is 0 Å². The summed E-state index contributed by atoms with van der Waals surface area (Å²) in [5.74, 6) is 0.0514. The number of hydrogen-bond acceptors (Lipinski definition) is 2. The molecule has 0 aromatic carbocycles. The lowest BCUT2D eigenvalue weighted by Crippen LogP contribution is -2.21. The van der Waals surface area contributed by atoms with Gasteiger partial charge in [-0.3, -0.25) is 4.79 Å². The van der Waals surface area contributed by atoms with Crippen LogP contribution in [0.2, 0.25) is 0 Å². The third-order valence-corrected chi connectivity index (χ3v) is 2.23. The van der Waals surface area contributed by atoms with Crippen LogP contribution < -0.4 is 5.32 Å². The predicted octanol–water partition coefficient (Wildman–Crippen LogP) is 2.50. The average molecular weight is 215 g/mol. The lowest BCUT2D eigenvalue weighted by molar-refractivity contribution is -0.118. The molecule has 0 spiro atoms. The second-order valence-corrected chi connectivity index (χ2v) is 3.86. The Bertz CT molecular complexity index is 149. The molecule has 15 heavy (non-hydrogen) atoms. The summed E-state index contributed by atoms with van der Waals surface area (Å²) in [5.41, 5.74) is 0. The standard InChI is InChI=1S/C12H25NO2/c1-3-4-5-7-10-15-11-8-6-9-13-12(2)14/h3-11H2,1-2H3,(H,13,14). The van der Waals surface area contributed by atoms with Crippen molar-refractivity contribution in [3.05, 3.63) is 0 Å². The van der Waals surface area contributed by atoms with Gasteiger partial charge in [-0.15, -0.1) is 0 Å². The van der Waals surface area contributed by atoms with E-state index in [1.54, 1.807) is 6.92 Å². The summed E-state index contributed by atoms with van der Waals surface area (Å²) in [6, 6.07) is 0. The smallest absolute Gasteiger partial charge is 0.216 e. The Morgan fingerprint density at radius 3 is 2.33 bits per heavy atom. The van der Waals surface area contributed by atoms with Gasteiger partial charge in [0, 0.05) is 26.7 Å². The molecule has 0 bridgehead atoms. The Morgan fingerprint density at radius 1 is 1.07 bits per heavy atom. The molecule has 90 valence electrons. The van der Waals surface area contributed by atoms with Crippen LogP contribution in [-0.4, -0.2) is 25.7 Å². The van der Waals surface area contributed by atoms with Crippen molar-refractivity contribution in [1.82, 2.24) is 5.32 Å². The zero-order valence-corrected chi connectivity index (χ0v) is 10.2. The predicted molar refractivity (Wildman–Crippen MR) is 62.9 cm³/mol. The molecule has 0 saturated carbocycles. The maximum Gasteiger partial charge on any atom is 0.216 e. The first-order chi connectivity index (χ1) is 7.27. The molecule has 0 aliphatic heterocycles. The van der Waals surface area contributed by atoms with E-state index < -0.39 is 0 Å². The molecule has 1 amide bonds. The molecule has 1 N–H and O–H groups in total. The van der Waals surface area contributed by atoms with Crippen molar-refractivity contribution in [2.75, 3.05) is 19.8 Å². The Labute approximate surface area is 93.6 Å². The molecule has 0 aliphatic carbocycles. The van der Waals surface area contributed by atoms with E-state index in [0.717, 1.165) is 32.6 Å². The van der Waals surface area contributed by atoms with E-state index in [1.807, 2.05) is 0 Å². The van der Waals surface area contributed by atoms with E-state index in [2.05, 4.69) is 12.2 Å². The third kappa shape index (κ3) is 13.4. The van der Waals surface area contributed by atoms with Crippen molar-refractivity contribution in [1.29, 1.82) is 0 Å². The minimum Gasteiger partial charge on any atom is -0.381 e. The van der Waals surface area contributed by atoms with Gasteiger partial charge in [-0.05, 0) is 19.3 Å². The molecular weight excluding hydrogens is 190 g/mol. The fraction of sp³-hybridized carbons (Fsp3) is 0.917. The fourth-order valence-electron chi connectivity index (χ4n) is 1.33. The number of carbonyl (C=O) groups is 1. The van der Waals surface area contributed by atoms with Crippen molar-refractivity contribution in [3.8, 4) is 0 Å². The Balaban J connectivity index is 2.89. The van der Waals surface area contributed by atoms with Crippen molar-refractivity contribution >= 4 is 5.91 Å². The van der Waals surface area contributed by atoms with Crippen molar-refractivity contribution in [2.24, 2.45) is 0 Å². The molecule has 3 heteroatoms. The van der Waals surface area contributed by atoms with Gasteiger partial charge in [0.05, 0.1) is 0 Å². The fourth-order valence-corrected chi connectivity index (χ4v) is 1.33. The summed E-state index contributed by atoms with van der Waals surface area (Å²) in [5, 5.41) is 2.77. The first kappa shape index (κ1) is 14.4. The van der Waals surface area contributed by atoms with Crippen LogP contribution in [0.4, 0.5) is 0 Å².